The normalized spacial score (nSPS) is 16.2. The van der Waals surface area contributed by atoms with Crippen LogP contribution in [0.5, 0.6) is 0 Å². The zero-order valence-electron chi connectivity index (χ0n) is 4.53. The Kier molecular flexibility index (Phi) is 3.44. The molecule has 0 rings (SSSR count). The summed E-state index contributed by atoms with van der Waals surface area (Å²) in [6.45, 7) is 1.22. The van der Waals surface area contributed by atoms with E-state index in [-0.39, 0.29) is 0 Å². The van der Waals surface area contributed by atoms with Gasteiger partial charge in [0.1, 0.15) is 5.78 Å². The third-order valence-corrected chi connectivity index (χ3v) is 2.83. The highest BCUT2D eigenvalue weighted by molar-refractivity contribution is 7.52. The zero-order chi connectivity index (χ0) is 7.65. The van der Waals surface area contributed by atoms with E-state index < -0.39 is 13.4 Å². The summed E-state index contributed by atoms with van der Waals surface area (Å²) in [6.07, 6.45) is 0. The van der Waals surface area contributed by atoms with E-state index in [2.05, 4.69) is 0 Å². The van der Waals surface area contributed by atoms with Gasteiger partial charge in [0.25, 0.3) is 0 Å². The second kappa shape index (κ2) is 3.19. The maximum Gasteiger partial charge on any atom is 0.344 e. The first-order chi connectivity index (χ1) is 3.85. The quantitative estimate of drug-likeness (QED) is 0.510. The standard InChI is InChI=1S/C2H6Cl2NO3P/c1-2(5(3)4)9(6,7)8/h2H,1H3,(H2,6,7,8). The van der Waals surface area contributed by atoms with E-state index in [0.717, 1.165) is 0 Å². The highest BCUT2D eigenvalue weighted by Crippen LogP contribution is 2.43. The van der Waals surface area contributed by atoms with Crippen molar-refractivity contribution in [1.82, 2.24) is 3.94 Å². The summed E-state index contributed by atoms with van der Waals surface area (Å²) < 4.78 is 10.7. The summed E-state index contributed by atoms with van der Waals surface area (Å²) in [4.78, 5) is 16.7. The smallest absolute Gasteiger partial charge is 0.323 e. The monoisotopic (exact) mass is 193 g/mol. The lowest BCUT2D eigenvalue weighted by Crippen LogP contribution is -2.14. The number of hydrogen-bond acceptors (Lipinski definition) is 2. The molecule has 0 aromatic rings. The summed E-state index contributed by atoms with van der Waals surface area (Å²) in [6, 6.07) is 0. The van der Waals surface area contributed by atoms with Crippen molar-refractivity contribution >= 4 is 31.1 Å². The highest BCUT2D eigenvalue weighted by atomic mass is 35.5. The van der Waals surface area contributed by atoms with Gasteiger partial charge in [0.05, 0.1) is 0 Å². The van der Waals surface area contributed by atoms with Crippen LogP contribution in [0.1, 0.15) is 6.92 Å². The Morgan fingerprint density at radius 3 is 1.89 bits per heavy atom. The van der Waals surface area contributed by atoms with Gasteiger partial charge < -0.3 is 9.79 Å². The minimum atomic E-state index is -4.15. The van der Waals surface area contributed by atoms with Gasteiger partial charge in [-0.3, -0.25) is 4.57 Å². The summed E-state index contributed by atoms with van der Waals surface area (Å²) in [5.74, 6) is -1.15. The first kappa shape index (κ1) is 9.69. The first-order valence-electron chi connectivity index (χ1n) is 2.01. The Labute approximate surface area is 62.7 Å². The van der Waals surface area contributed by atoms with E-state index in [0.29, 0.717) is 3.94 Å². The maximum absolute atomic E-state index is 10.3. The predicted molar refractivity (Wildman–Crippen MR) is 35.1 cm³/mol. The van der Waals surface area contributed by atoms with Crippen molar-refractivity contribution in [2.24, 2.45) is 0 Å². The summed E-state index contributed by atoms with van der Waals surface area (Å²) in [5.41, 5.74) is 0. The molecule has 0 radical (unpaired) electrons. The van der Waals surface area contributed by atoms with Crippen molar-refractivity contribution in [2.45, 2.75) is 12.7 Å². The molecule has 2 N–H and O–H groups in total. The van der Waals surface area contributed by atoms with Gasteiger partial charge in [-0.15, -0.1) is 3.94 Å². The fraction of sp³-hybridized carbons (Fsp3) is 1.00. The summed E-state index contributed by atoms with van der Waals surface area (Å²) in [5, 5.41) is 0. The van der Waals surface area contributed by atoms with Crippen molar-refractivity contribution in [2.75, 3.05) is 0 Å². The van der Waals surface area contributed by atoms with E-state index in [1.807, 2.05) is 0 Å². The van der Waals surface area contributed by atoms with Crippen LogP contribution in [0.4, 0.5) is 0 Å². The van der Waals surface area contributed by atoms with Crippen molar-refractivity contribution in [1.29, 1.82) is 0 Å². The molecule has 0 aromatic carbocycles. The van der Waals surface area contributed by atoms with E-state index >= 15 is 0 Å². The Bertz CT molecular complexity index is 134. The maximum atomic E-state index is 10.3. The summed E-state index contributed by atoms with van der Waals surface area (Å²) in [7, 11) is -4.15. The third-order valence-electron chi connectivity index (χ3n) is 0.769. The van der Waals surface area contributed by atoms with Gasteiger partial charge in [-0.05, 0) is 30.5 Å². The van der Waals surface area contributed by atoms with Crippen molar-refractivity contribution in [3.05, 3.63) is 0 Å². The molecule has 9 heavy (non-hydrogen) atoms. The third kappa shape index (κ3) is 3.40. The molecule has 0 saturated heterocycles. The first-order valence-corrected chi connectivity index (χ1v) is 4.37. The van der Waals surface area contributed by atoms with Crippen LogP contribution in [0.25, 0.3) is 0 Å². The number of halogens is 2. The van der Waals surface area contributed by atoms with Crippen LogP contribution in [-0.2, 0) is 4.57 Å². The average molecular weight is 194 g/mol. The van der Waals surface area contributed by atoms with Crippen molar-refractivity contribution in [3.8, 4) is 0 Å². The van der Waals surface area contributed by atoms with E-state index in [1.165, 1.54) is 6.92 Å². The second-order valence-electron chi connectivity index (χ2n) is 1.48. The molecule has 4 nitrogen and oxygen atoms in total. The fourth-order valence-corrected chi connectivity index (χ4v) is 1.02. The number of hydrogen-bond donors (Lipinski definition) is 2. The van der Waals surface area contributed by atoms with Gasteiger partial charge in [0.15, 0.2) is 0 Å². The number of rotatable bonds is 2. The Balaban J connectivity index is 4.05. The molecular weight excluding hydrogens is 188 g/mol. The molecule has 0 amide bonds. The molecule has 1 atom stereocenters. The molecule has 56 valence electrons. The predicted octanol–water partition coefficient (Wildman–Crippen LogP) is 1.12. The molecule has 0 fully saturated rings. The minimum absolute atomic E-state index is 0.431. The van der Waals surface area contributed by atoms with Gasteiger partial charge in [-0.25, -0.2) is 0 Å². The van der Waals surface area contributed by atoms with Gasteiger partial charge >= 0.3 is 7.60 Å². The summed E-state index contributed by atoms with van der Waals surface area (Å²) >= 11 is 10.0. The topological polar surface area (TPSA) is 60.8 Å². The van der Waals surface area contributed by atoms with Crippen LogP contribution < -0.4 is 0 Å². The van der Waals surface area contributed by atoms with E-state index in [4.69, 9.17) is 33.3 Å². The molecule has 7 heteroatoms. The zero-order valence-corrected chi connectivity index (χ0v) is 6.94. The van der Waals surface area contributed by atoms with Crippen LogP contribution in [-0.4, -0.2) is 19.5 Å². The van der Waals surface area contributed by atoms with Crippen molar-refractivity contribution in [3.63, 3.8) is 0 Å². The Hall–Kier alpha value is 0.690. The second-order valence-corrected chi connectivity index (χ2v) is 4.31. The lowest BCUT2D eigenvalue weighted by atomic mass is 10.8. The van der Waals surface area contributed by atoms with Gasteiger partial charge in [-0.1, -0.05) is 0 Å². The fourth-order valence-electron chi connectivity index (χ4n) is 0.114. The Morgan fingerprint density at radius 2 is 1.89 bits per heavy atom. The van der Waals surface area contributed by atoms with Gasteiger partial charge in [0.2, 0.25) is 0 Å². The molecule has 0 saturated carbocycles. The van der Waals surface area contributed by atoms with Crippen LogP contribution >= 0.6 is 31.1 Å². The van der Waals surface area contributed by atoms with E-state index in [9.17, 15) is 4.57 Å². The highest BCUT2D eigenvalue weighted by Gasteiger charge is 2.28. The number of nitrogens with zero attached hydrogens (tertiary/aromatic N) is 1. The molecule has 0 heterocycles. The van der Waals surface area contributed by atoms with Crippen LogP contribution in [0.2, 0.25) is 0 Å². The molecule has 1 unspecified atom stereocenters. The van der Waals surface area contributed by atoms with Crippen molar-refractivity contribution < 1.29 is 14.4 Å². The van der Waals surface area contributed by atoms with Crippen LogP contribution in [0, 0.1) is 0 Å². The minimum Gasteiger partial charge on any atom is -0.323 e. The van der Waals surface area contributed by atoms with Gasteiger partial charge in [-0.2, -0.15) is 0 Å². The largest absolute Gasteiger partial charge is 0.344 e. The molecular formula is C2H6Cl2NO3P. The van der Waals surface area contributed by atoms with E-state index in [1.54, 1.807) is 0 Å². The SMILES string of the molecule is CC(N(Cl)Cl)P(=O)(O)O. The lowest BCUT2D eigenvalue weighted by Gasteiger charge is -2.14. The van der Waals surface area contributed by atoms with Crippen LogP contribution in [0.3, 0.4) is 0 Å². The molecule has 0 aliphatic carbocycles. The van der Waals surface area contributed by atoms with Crippen LogP contribution in [0.15, 0.2) is 0 Å². The molecule has 0 aliphatic heterocycles. The Morgan fingerprint density at radius 1 is 1.56 bits per heavy atom. The lowest BCUT2D eigenvalue weighted by molar-refractivity contribution is 0.345. The average Bonchev–Trinajstić information content (AvgIpc) is 1.62. The molecule has 0 bridgehead atoms. The molecule has 0 spiro atoms. The van der Waals surface area contributed by atoms with Gasteiger partial charge in [0, 0.05) is 0 Å². The molecule has 0 aliphatic rings. The molecule has 0 aromatic heterocycles.